The third-order valence-electron chi connectivity index (χ3n) is 2.23. The van der Waals surface area contributed by atoms with Crippen LogP contribution in [0.15, 0.2) is 11.6 Å². The second-order valence-electron chi connectivity index (χ2n) is 4.48. The number of nitrogens with one attached hydrogen (secondary N) is 1. The summed E-state index contributed by atoms with van der Waals surface area (Å²) in [5.74, 6) is 0. The molecule has 0 amide bonds. The van der Waals surface area contributed by atoms with Crippen LogP contribution in [0.4, 0.5) is 5.13 Å². The molecule has 0 radical (unpaired) electrons. The number of thiazole rings is 1. The van der Waals surface area contributed by atoms with Crippen molar-refractivity contribution in [3.05, 3.63) is 11.6 Å². The first-order valence-corrected chi connectivity index (χ1v) is 5.78. The molecular formula is C10H19N3S. The molecule has 1 rings (SSSR count). The number of hydrogen-bond donors (Lipinski definition) is 2. The standard InChI is InChI=1S/C10H19N3S/c1-10(2,3)8(4-5-11)13-9-12-6-7-14-9/h6-8H,4-5,11H2,1-3H3,(H,12,13). The van der Waals surface area contributed by atoms with Crippen LogP contribution in [-0.2, 0) is 0 Å². The molecule has 0 saturated carbocycles. The van der Waals surface area contributed by atoms with Crippen molar-refractivity contribution in [2.45, 2.75) is 33.2 Å². The van der Waals surface area contributed by atoms with E-state index in [1.54, 1.807) is 11.3 Å². The lowest BCUT2D eigenvalue weighted by Crippen LogP contribution is -2.35. The Morgan fingerprint density at radius 2 is 2.29 bits per heavy atom. The number of nitrogens with zero attached hydrogens (tertiary/aromatic N) is 1. The lowest BCUT2D eigenvalue weighted by atomic mass is 9.85. The van der Waals surface area contributed by atoms with Crippen molar-refractivity contribution in [3.63, 3.8) is 0 Å². The van der Waals surface area contributed by atoms with Crippen molar-refractivity contribution in [1.29, 1.82) is 0 Å². The van der Waals surface area contributed by atoms with E-state index in [2.05, 4.69) is 31.1 Å². The summed E-state index contributed by atoms with van der Waals surface area (Å²) in [4.78, 5) is 4.22. The molecular weight excluding hydrogens is 194 g/mol. The van der Waals surface area contributed by atoms with E-state index in [-0.39, 0.29) is 5.41 Å². The molecule has 1 heterocycles. The largest absolute Gasteiger partial charge is 0.358 e. The summed E-state index contributed by atoms with van der Waals surface area (Å²) in [5.41, 5.74) is 5.81. The van der Waals surface area contributed by atoms with Crippen molar-refractivity contribution in [3.8, 4) is 0 Å². The molecule has 1 atom stereocenters. The Labute approximate surface area is 89.7 Å². The van der Waals surface area contributed by atoms with E-state index >= 15 is 0 Å². The van der Waals surface area contributed by atoms with Crippen LogP contribution < -0.4 is 11.1 Å². The van der Waals surface area contributed by atoms with Gasteiger partial charge in [0.25, 0.3) is 0 Å². The van der Waals surface area contributed by atoms with Crippen molar-refractivity contribution in [2.75, 3.05) is 11.9 Å². The Balaban J connectivity index is 2.60. The summed E-state index contributed by atoms with van der Waals surface area (Å²) in [7, 11) is 0. The van der Waals surface area contributed by atoms with Crippen molar-refractivity contribution < 1.29 is 0 Å². The molecule has 3 nitrogen and oxygen atoms in total. The SMILES string of the molecule is CC(C)(C)C(CCN)Nc1nccs1. The molecule has 4 heteroatoms. The van der Waals surface area contributed by atoms with Gasteiger partial charge in [-0.2, -0.15) is 0 Å². The molecule has 1 aromatic heterocycles. The van der Waals surface area contributed by atoms with E-state index in [1.807, 2.05) is 11.6 Å². The summed E-state index contributed by atoms with van der Waals surface area (Å²) in [6.07, 6.45) is 2.79. The highest BCUT2D eigenvalue weighted by Gasteiger charge is 2.24. The Kier molecular flexibility index (Phi) is 3.89. The molecule has 14 heavy (non-hydrogen) atoms. The van der Waals surface area contributed by atoms with E-state index in [1.165, 1.54) is 0 Å². The van der Waals surface area contributed by atoms with Gasteiger partial charge in [-0.3, -0.25) is 0 Å². The van der Waals surface area contributed by atoms with Gasteiger partial charge < -0.3 is 11.1 Å². The smallest absolute Gasteiger partial charge is 0.182 e. The van der Waals surface area contributed by atoms with Gasteiger partial charge in [0.1, 0.15) is 0 Å². The van der Waals surface area contributed by atoms with Crippen molar-refractivity contribution in [2.24, 2.45) is 11.1 Å². The van der Waals surface area contributed by atoms with Gasteiger partial charge >= 0.3 is 0 Å². The first-order valence-electron chi connectivity index (χ1n) is 4.90. The van der Waals surface area contributed by atoms with Crippen molar-refractivity contribution >= 4 is 16.5 Å². The average Bonchev–Trinajstić information content (AvgIpc) is 2.54. The molecule has 0 aliphatic heterocycles. The van der Waals surface area contributed by atoms with Crippen molar-refractivity contribution in [1.82, 2.24) is 4.98 Å². The maximum Gasteiger partial charge on any atom is 0.182 e. The van der Waals surface area contributed by atoms with E-state index in [4.69, 9.17) is 5.73 Å². The lowest BCUT2D eigenvalue weighted by molar-refractivity contribution is 0.328. The Hall–Kier alpha value is -0.610. The number of anilines is 1. The minimum atomic E-state index is 0.213. The summed E-state index contributed by atoms with van der Waals surface area (Å²) in [6, 6.07) is 0.388. The highest BCUT2D eigenvalue weighted by Crippen LogP contribution is 2.25. The van der Waals surface area contributed by atoms with Gasteiger partial charge in [-0.05, 0) is 18.4 Å². The van der Waals surface area contributed by atoms with E-state index < -0.39 is 0 Å². The number of rotatable bonds is 4. The zero-order valence-electron chi connectivity index (χ0n) is 9.08. The van der Waals surface area contributed by atoms with Crippen LogP contribution in [0, 0.1) is 5.41 Å². The van der Waals surface area contributed by atoms with E-state index in [0.717, 1.165) is 11.6 Å². The maximum absolute atomic E-state index is 5.60. The molecule has 0 aliphatic rings. The lowest BCUT2D eigenvalue weighted by Gasteiger charge is -2.31. The zero-order chi connectivity index (χ0) is 10.6. The normalized spacial score (nSPS) is 14.0. The third-order valence-corrected chi connectivity index (χ3v) is 2.94. The summed E-state index contributed by atoms with van der Waals surface area (Å²) < 4.78 is 0. The molecule has 0 aliphatic carbocycles. The fraction of sp³-hybridized carbons (Fsp3) is 0.700. The quantitative estimate of drug-likeness (QED) is 0.807. The molecule has 1 unspecified atom stereocenters. The molecule has 0 spiro atoms. The van der Waals surface area contributed by atoms with Crippen LogP contribution in [0.25, 0.3) is 0 Å². The maximum atomic E-state index is 5.60. The van der Waals surface area contributed by atoms with E-state index in [0.29, 0.717) is 12.6 Å². The fourth-order valence-corrected chi connectivity index (χ4v) is 1.91. The molecule has 0 saturated heterocycles. The van der Waals surface area contributed by atoms with Crippen LogP contribution >= 0.6 is 11.3 Å². The number of hydrogen-bond acceptors (Lipinski definition) is 4. The van der Waals surface area contributed by atoms with Crippen LogP contribution in [-0.4, -0.2) is 17.6 Å². The topological polar surface area (TPSA) is 50.9 Å². The monoisotopic (exact) mass is 213 g/mol. The summed E-state index contributed by atoms with van der Waals surface area (Å²) >= 11 is 1.63. The Morgan fingerprint density at radius 1 is 1.57 bits per heavy atom. The molecule has 0 aromatic carbocycles. The molecule has 3 N–H and O–H groups in total. The molecule has 0 bridgehead atoms. The van der Waals surface area contributed by atoms with Crippen LogP contribution in [0.1, 0.15) is 27.2 Å². The predicted octanol–water partition coefficient (Wildman–Crippen LogP) is 2.32. The summed E-state index contributed by atoms with van der Waals surface area (Å²) in [6.45, 7) is 7.36. The third kappa shape index (κ3) is 3.27. The first kappa shape index (κ1) is 11.5. The first-order chi connectivity index (χ1) is 6.54. The number of nitrogens with two attached hydrogens (primary N) is 1. The van der Waals surface area contributed by atoms with Gasteiger partial charge in [0.05, 0.1) is 0 Å². The Bertz CT molecular complexity index is 251. The minimum absolute atomic E-state index is 0.213. The number of aromatic nitrogens is 1. The predicted molar refractivity (Wildman–Crippen MR) is 62.7 cm³/mol. The van der Waals surface area contributed by atoms with Gasteiger partial charge in [0.15, 0.2) is 5.13 Å². The fourth-order valence-electron chi connectivity index (χ4n) is 1.33. The summed E-state index contributed by atoms with van der Waals surface area (Å²) in [5, 5.41) is 6.39. The van der Waals surface area contributed by atoms with Gasteiger partial charge in [-0.15, -0.1) is 11.3 Å². The van der Waals surface area contributed by atoms with Gasteiger partial charge in [0.2, 0.25) is 0 Å². The van der Waals surface area contributed by atoms with Crippen LogP contribution in [0.3, 0.4) is 0 Å². The second-order valence-corrected chi connectivity index (χ2v) is 5.37. The molecule has 80 valence electrons. The minimum Gasteiger partial charge on any atom is -0.358 e. The average molecular weight is 213 g/mol. The van der Waals surface area contributed by atoms with Crippen LogP contribution in [0.2, 0.25) is 0 Å². The highest BCUT2D eigenvalue weighted by atomic mass is 32.1. The highest BCUT2D eigenvalue weighted by molar-refractivity contribution is 7.13. The van der Waals surface area contributed by atoms with Gasteiger partial charge in [-0.1, -0.05) is 20.8 Å². The van der Waals surface area contributed by atoms with Gasteiger partial charge in [0, 0.05) is 17.6 Å². The zero-order valence-corrected chi connectivity index (χ0v) is 9.90. The van der Waals surface area contributed by atoms with E-state index in [9.17, 15) is 0 Å². The molecule has 0 fully saturated rings. The second kappa shape index (κ2) is 4.75. The molecule has 1 aromatic rings. The van der Waals surface area contributed by atoms with Crippen LogP contribution in [0.5, 0.6) is 0 Å². The van der Waals surface area contributed by atoms with Gasteiger partial charge in [-0.25, -0.2) is 4.98 Å². The Morgan fingerprint density at radius 3 is 2.71 bits per heavy atom.